The van der Waals surface area contributed by atoms with Gasteiger partial charge in [-0.3, -0.25) is 14.6 Å². The molecule has 1 atom stereocenters. The highest BCUT2D eigenvalue weighted by Crippen LogP contribution is 2.33. The number of pyridine rings is 1. The van der Waals surface area contributed by atoms with E-state index in [1.54, 1.807) is 0 Å². The number of benzene rings is 1. The van der Waals surface area contributed by atoms with Gasteiger partial charge in [0.05, 0.1) is 45.5 Å². The number of aryl methyl sites for hydroxylation is 1. The van der Waals surface area contributed by atoms with E-state index in [4.69, 9.17) is 11.6 Å². The van der Waals surface area contributed by atoms with Gasteiger partial charge in [0, 0.05) is 12.3 Å². The van der Waals surface area contributed by atoms with Gasteiger partial charge in [-0.2, -0.15) is 31.3 Å². The fraction of sp³-hybridized carbons (Fsp3) is 0.348. The van der Waals surface area contributed by atoms with Crippen LogP contribution in [-0.4, -0.2) is 58.0 Å². The number of alkyl halides is 6. The minimum Gasteiger partial charge on any atom is -0.348 e. The Kier molecular flexibility index (Phi) is 9.02. The first-order chi connectivity index (χ1) is 18.8. The van der Waals surface area contributed by atoms with Crippen LogP contribution in [0.15, 0.2) is 30.3 Å². The molecule has 2 amide bonds. The van der Waals surface area contributed by atoms with Gasteiger partial charge < -0.3 is 10.6 Å². The lowest BCUT2D eigenvalue weighted by Crippen LogP contribution is -2.38. The van der Waals surface area contributed by atoms with Gasteiger partial charge in [-0.1, -0.05) is 17.7 Å². The first-order valence-corrected chi connectivity index (χ1v) is 13.8. The zero-order chi connectivity index (χ0) is 30.9. The normalized spacial score (nSPS) is 13.1. The Balaban J connectivity index is 1.84. The molecule has 0 aliphatic carbocycles. The molecule has 0 spiro atoms. The lowest BCUT2D eigenvalue weighted by molar-refractivity contribution is -0.150. The third-order valence-electron chi connectivity index (χ3n) is 5.30. The largest absolute Gasteiger partial charge is 0.453 e. The van der Waals surface area contributed by atoms with Crippen LogP contribution in [0.2, 0.25) is 5.02 Å². The maximum Gasteiger partial charge on any atom is 0.453 e. The SMILES string of the molecule is Cc1nc(Cn2nc(C(F)(F)F)nc2C(F)(F)F)ccc1NC(=O)c1cccc(Cl)c1C(=O)NC(C)CS(C)(=O)=O. The Bertz CT molecular complexity index is 1590. The zero-order valence-corrected chi connectivity index (χ0v) is 22.9. The van der Waals surface area contributed by atoms with Crippen LogP contribution in [0.25, 0.3) is 0 Å². The van der Waals surface area contributed by atoms with Crippen LogP contribution in [0.4, 0.5) is 32.0 Å². The molecule has 3 rings (SSSR count). The molecule has 0 radical (unpaired) electrons. The first kappa shape index (κ1) is 31.8. The van der Waals surface area contributed by atoms with Gasteiger partial charge in [-0.25, -0.2) is 13.1 Å². The third-order valence-corrected chi connectivity index (χ3v) is 6.72. The van der Waals surface area contributed by atoms with E-state index in [-0.39, 0.29) is 43.7 Å². The molecule has 2 N–H and O–H groups in total. The van der Waals surface area contributed by atoms with E-state index in [1.807, 2.05) is 0 Å². The van der Waals surface area contributed by atoms with Crippen LogP contribution in [0, 0.1) is 6.92 Å². The topological polar surface area (TPSA) is 136 Å². The number of hydrogen-bond acceptors (Lipinski definition) is 7. The second-order valence-corrected chi connectivity index (χ2v) is 11.5. The number of halogens is 7. The highest BCUT2D eigenvalue weighted by molar-refractivity contribution is 7.90. The van der Waals surface area contributed by atoms with E-state index in [1.165, 1.54) is 38.1 Å². The molecule has 1 aromatic carbocycles. The number of carbonyl (C=O) groups excluding carboxylic acids is 2. The van der Waals surface area contributed by atoms with Gasteiger partial charge >= 0.3 is 12.4 Å². The van der Waals surface area contributed by atoms with E-state index in [0.29, 0.717) is 0 Å². The number of sulfone groups is 1. The van der Waals surface area contributed by atoms with E-state index < -0.39 is 58.2 Å². The van der Waals surface area contributed by atoms with Gasteiger partial charge in [-0.05, 0) is 38.1 Å². The molecule has 0 saturated carbocycles. The zero-order valence-electron chi connectivity index (χ0n) is 21.4. The molecule has 0 saturated heterocycles. The quantitative estimate of drug-likeness (QED) is 0.359. The molecule has 0 bridgehead atoms. The Labute approximate surface area is 234 Å². The molecule has 0 fully saturated rings. The summed E-state index contributed by atoms with van der Waals surface area (Å²) in [5, 5.41) is 7.78. The molecular formula is C23H21ClF6N6O4S. The molecule has 10 nitrogen and oxygen atoms in total. The molecule has 3 aromatic rings. The predicted molar refractivity (Wildman–Crippen MR) is 134 cm³/mol. The lowest BCUT2D eigenvalue weighted by Gasteiger charge is -2.16. The minimum atomic E-state index is -5.22. The number of nitrogens with one attached hydrogen (secondary N) is 2. The molecule has 1 unspecified atom stereocenters. The number of anilines is 1. The van der Waals surface area contributed by atoms with Crippen molar-refractivity contribution in [3.8, 4) is 0 Å². The number of amides is 2. The van der Waals surface area contributed by atoms with Crippen LogP contribution in [-0.2, 0) is 28.7 Å². The Morgan fingerprint density at radius 3 is 2.24 bits per heavy atom. The van der Waals surface area contributed by atoms with Crippen molar-refractivity contribution in [1.29, 1.82) is 0 Å². The van der Waals surface area contributed by atoms with Crippen LogP contribution >= 0.6 is 11.6 Å². The molecular weight excluding hydrogens is 606 g/mol. The molecule has 0 aliphatic rings. The summed E-state index contributed by atoms with van der Waals surface area (Å²) in [6.45, 7) is 2.02. The van der Waals surface area contributed by atoms with E-state index in [9.17, 15) is 44.3 Å². The minimum absolute atomic E-state index is 0.0322. The van der Waals surface area contributed by atoms with Crippen LogP contribution < -0.4 is 10.6 Å². The molecule has 0 aliphatic heterocycles. The third kappa shape index (κ3) is 8.16. The standard InChI is InChI=1S/C23H21ClF6N6O4S/c1-11(10-41(3,39)40)31-19(38)17-14(5-4-6-15(17)24)18(37)33-16-8-7-13(32-12(16)2)9-36-21(23(28,29)30)34-20(35-36)22(25,26)27/h4-8,11H,9-10H2,1-3H3,(H,31,38)(H,33,37). The van der Waals surface area contributed by atoms with Crippen molar-refractivity contribution in [2.75, 3.05) is 17.3 Å². The summed E-state index contributed by atoms with van der Waals surface area (Å²) in [6.07, 6.45) is -9.43. The van der Waals surface area contributed by atoms with E-state index >= 15 is 0 Å². The molecule has 222 valence electrons. The second kappa shape index (κ2) is 11.6. The van der Waals surface area contributed by atoms with Crippen molar-refractivity contribution in [1.82, 2.24) is 25.1 Å². The van der Waals surface area contributed by atoms with Crippen molar-refractivity contribution < 1.29 is 44.3 Å². The van der Waals surface area contributed by atoms with Crippen LogP contribution in [0.3, 0.4) is 0 Å². The average Bonchev–Trinajstić information content (AvgIpc) is 3.24. The highest BCUT2D eigenvalue weighted by atomic mass is 35.5. The monoisotopic (exact) mass is 626 g/mol. The predicted octanol–water partition coefficient (Wildman–Crippen LogP) is 4.14. The summed E-state index contributed by atoms with van der Waals surface area (Å²) < 4.78 is 101. The summed E-state index contributed by atoms with van der Waals surface area (Å²) in [5.74, 6) is -5.82. The highest BCUT2D eigenvalue weighted by Gasteiger charge is 2.44. The Morgan fingerprint density at radius 1 is 1.02 bits per heavy atom. The molecule has 2 heterocycles. The van der Waals surface area contributed by atoms with Gasteiger partial charge in [0.2, 0.25) is 5.82 Å². The first-order valence-electron chi connectivity index (χ1n) is 11.4. The smallest absolute Gasteiger partial charge is 0.348 e. The van der Waals surface area contributed by atoms with Crippen molar-refractivity contribution >= 4 is 38.9 Å². The summed E-state index contributed by atoms with van der Waals surface area (Å²) >= 11 is 6.16. The van der Waals surface area contributed by atoms with Gasteiger partial charge in [0.25, 0.3) is 17.6 Å². The maximum absolute atomic E-state index is 13.2. The van der Waals surface area contributed by atoms with Crippen molar-refractivity contribution in [2.24, 2.45) is 0 Å². The van der Waals surface area contributed by atoms with E-state index in [0.717, 1.165) is 12.3 Å². The summed E-state index contributed by atoms with van der Waals surface area (Å²) in [4.78, 5) is 32.5. The Morgan fingerprint density at radius 2 is 1.68 bits per heavy atom. The molecule has 2 aromatic heterocycles. The second-order valence-electron chi connectivity index (χ2n) is 8.93. The van der Waals surface area contributed by atoms with Crippen molar-refractivity contribution in [3.63, 3.8) is 0 Å². The number of rotatable bonds is 8. The lowest BCUT2D eigenvalue weighted by atomic mass is 10.1. The fourth-order valence-electron chi connectivity index (χ4n) is 3.69. The molecule has 41 heavy (non-hydrogen) atoms. The summed E-state index contributed by atoms with van der Waals surface area (Å²) in [7, 11) is -3.42. The maximum atomic E-state index is 13.2. The fourth-order valence-corrected chi connectivity index (χ4v) is 4.95. The van der Waals surface area contributed by atoms with Crippen molar-refractivity contribution in [3.05, 3.63) is 69.5 Å². The van der Waals surface area contributed by atoms with Crippen LogP contribution in [0.1, 0.15) is 50.7 Å². The average molecular weight is 627 g/mol. The summed E-state index contributed by atoms with van der Waals surface area (Å²) in [6, 6.07) is 5.64. The number of carbonyl (C=O) groups is 2. The van der Waals surface area contributed by atoms with E-state index in [2.05, 4.69) is 25.7 Å². The molecule has 18 heteroatoms. The van der Waals surface area contributed by atoms with Gasteiger partial charge in [-0.15, -0.1) is 5.10 Å². The Hall–Kier alpha value is -3.73. The number of nitrogens with zero attached hydrogens (tertiary/aromatic N) is 4. The van der Waals surface area contributed by atoms with Gasteiger partial charge in [0.15, 0.2) is 0 Å². The van der Waals surface area contributed by atoms with Gasteiger partial charge in [0.1, 0.15) is 9.84 Å². The van der Waals surface area contributed by atoms with Crippen LogP contribution in [0.5, 0.6) is 0 Å². The summed E-state index contributed by atoms with van der Waals surface area (Å²) in [5.41, 5.74) is -0.383. The number of aromatic nitrogens is 4. The number of hydrogen-bond donors (Lipinski definition) is 2. The van der Waals surface area contributed by atoms with Crippen molar-refractivity contribution in [2.45, 2.75) is 38.8 Å².